The fraction of sp³-hybridized carbons (Fsp3) is 0.250. The zero-order chi connectivity index (χ0) is 13.9. The molecule has 1 aliphatic heterocycles. The molecule has 1 unspecified atom stereocenters. The van der Waals surface area contributed by atoms with Gasteiger partial charge < -0.3 is 10.6 Å². The Morgan fingerprint density at radius 2 is 1.90 bits per heavy atom. The van der Waals surface area contributed by atoms with Crippen LogP contribution in [0.5, 0.6) is 0 Å². The van der Waals surface area contributed by atoms with Gasteiger partial charge in [0.15, 0.2) is 0 Å². The quantitative estimate of drug-likeness (QED) is 0.844. The van der Waals surface area contributed by atoms with Gasteiger partial charge in [-0.15, -0.1) is 0 Å². The Morgan fingerprint density at radius 3 is 2.75 bits per heavy atom. The van der Waals surface area contributed by atoms with Crippen molar-refractivity contribution in [2.45, 2.75) is 19.0 Å². The molecule has 0 fully saturated rings. The number of halogens is 2. The van der Waals surface area contributed by atoms with E-state index in [0.717, 1.165) is 25.2 Å². The molecule has 2 N–H and O–H groups in total. The van der Waals surface area contributed by atoms with Crippen LogP contribution in [0.1, 0.15) is 23.6 Å². The number of anilines is 1. The molecule has 0 aliphatic carbocycles. The van der Waals surface area contributed by atoms with Crippen LogP contribution >= 0.6 is 23.2 Å². The zero-order valence-electron chi connectivity index (χ0n) is 11.0. The summed E-state index contributed by atoms with van der Waals surface area (Å²) >= 11 is 12.0. The molecule has 1 heterocycles. The van der Waals surface area contributed by atoms with Crippen molar-refractivity contribution in [3.05, 3.63) is 63.6 Å². The van der Waals surface area contributed by atoms with Crippen LogP contribution in [0.3, 0.4) is 0 Å². The third-order valence-corrected chi connectivity index (χ3v) is 4.36. The van der Waals surface area contributed by atoms with Crippen molar-refractivity contribution in [1.29, 1.82) is 0 Å². The highest BCUT2D eigenvalue weighted by atomic mass is 35.5. The zero-order valence-corrected chi connectivity index (χ0v) is 12.5. The summed E-state index contributed by atoms with van der Waals surface area (Å²) in [4.78, 5) is 0. The molecule has 0 spiro atoms. The molecule has 4 heteroatoms. The highest BCUT2D eigenvalue weighted by Gasteiger charge is 2.17. The monoisotopic (exact) mass is 306 g/mol. The number of hydrogen-bond acceptors (Lipinski definition) is 2. The van der Waals surface area contributed by atoms with E-state index in [9.17, 15) is 0 Å². The predicted octanol–water partition coefficient (Wildman–Crippen LogP) is 4.64. The van der Waals surface area contributed by atoms with Crippen LogP contribution in [-0.2, 0) is 6.54 Å². The predicted molar refractivity (Wildman–Crippen MR) is 85.6 cm³/mol. The average molecular weight is 307 g/mol. The summed E-state index contributed by atoms with van der Waals surface area (Å²) in [6.07, 6.45) is 1.04. The summed E-state index contributed by atoms with van der Waals surface area (Å²) in [5.74, 6) is 0. The lowest BCUT2D eigenvalue weighted by Gasteiger charge is -2.20. The molecule has 2 nitrogen and oxygen atoms in total. The summed E-state index contributed by atoms with van der Waals surface area (Å²) in [6.45, 7) is 1.92. The number of benzene rings is 2. The van der Waals surface area contributed by atoms with E-state index >= 15 is 0 Å². The van der Waals surface area contributed by atoms with Gasteiger partial charge in [0.1, 0.15) is 0 Å². The minimum absolute atomic E-state index is 0.290. The van der Waals surface area contributed by atoms with Crippen molar-refractivity contribution >= 4 is 28.9 Å². The summed E-state index contributed by atoms with van der Waals surface area (Å²) in [5, 5.41) is 8.18. The average Bonchev–Trinajstić information content (AvgIpc) is 2.66. The molecule has 0 bridgehead atoms. The molecule has 2 aromatic rings. The maximum atomic E-state index is 6.08. The molecule has 3 rings (SSSR count). The van der Waals surface area contributed by atoms with Gasteiger partial charge in [-0.2, -0.15) is 0 Å². The van der Waals surface area contributed by atoms with Crippen LogP contribution in [0.2, 0.25) is 10.0 Å². The molecule has 20 heavy (non-hydrogen) atoms. The minimum Gasteiger partial charge on any atom is -0.378 e. The smallest absolute Gasteiger partial charge is 0.0612 e. The standard InChI is InChI=1S/C16H16Cl2N2/c17-14-6-5-12(9-15(14)18)20-16-7-8-19-10-11-3-1-2-4-13(11)16/h1-6,9,16,19-20H,7-8,10H2. The molecule has 0 radical (unpaired) electrons. The molecule has 0 amide bonds. The van der Waals surface area contributed by atoms with Crippen molar-refractivity contribution in [2.24, 2.45) is 0 Å². The van der Waals surface area contributed by atoms with E-state index in [1.807, 2.05) is 18.2 Å². The summed E-state index contributed by atoms with van der Waals surface area (Å²) in [5.41, 5.74) is 3.70. The van der Waals surface area contributed by atoms with Gasteiger partial charge in [-0.1, -0.05) is 47.5 Å². The lowest BCUT2D eigenvalue weighted by atomic mass is 9.99. The highest BCUT2D eigenvalue weighted by molar-refractivity contribution is 6.42. The molecule has 2 aromatic carbocycles. The Hall–Kier alpha value is -1.22. The third kappa shape index (κ3) is 2.93. The van der Waals surface area contributed by atoms with Crippen LogP contribution in [-0.4, -0.2) is 6.54 Å². The third-order valence-electron chi connectivity index (χ3n) is 3.62. The van der Waals surface area contributed by atoms with Crippen LogP contribution in [0, 0.1) is 0 Å². The Kier molecular flexibility index (Phi) is 4.16. The summed E-state index contributed by atoms with van der Waals surface area (Å²) in [7, 11) is 0. The van der Waals surface area contributed by atoms with Crippen LogP contribution < -0.4 is 10.6 Å². The van der Waals surface area contributed by atoms with E-state index in [2.05, 4.69) is 34.9 Å². The highest BCUT2D eigenvalue weighted by Crippen LogP contribution is 2.30. The van der Waals surface area contributed by atoms with E-state index < -0.39 is 0 Å². The first kappa shape index (κ1) is 13.7. The molecular weight excluding hydrogens is 291 g/mol. The maximum absolute atomic E-state index is 6.08. The molecule has 0 aromatic heterocycles. The van der Waals surface area contributed by atoms with Crippen LogP contribution in [0.25, 0.3) is 0 Å². The number of fused-ring (bicyclic) bond motifs is 1. The van der Waals surface area contributed by atoms with Gasteiger partial charge in [0, 0.05) is 12.2 Å². The SMILES string of the molecule is Clc1ccc(NC2CCNCc3ccccc32)cc1Cl. The molecule has 0 saturated heterocycles. The lowest BCUT2D eigenvalue weighted by molar-refractivity contribution is 0.637. The van der Waals surface area contributed by atoms with Crippen LogP contribution in [0.15, 0.2) is 42.5 Å². The summed E-state index contributed by atoms with van der Waals surface area (Å²) in [6, 6.07) is 14.5. The Balaban J connectivity index is 1.88. The fourth-order valence-electron chi connectivity index (χ4n) is 2.60. The van der Waals surface area contributed by atoms with Gasteiger partial charge in [0.05, 0.1) is 16.1 Å². The van der Waals surface area contributed by atoms with Gasteiger partial charge in [0.2, 0.25) is 0 Å². The molecular formula is C16H16Cl2N2. The fourth-order valence-corrected chi connectivity index (χ4v) is 2.90. The lowest BCUT2D eigenvalue weighted by Crippen LogP contribution is -2.15. The molecule has 1 atom stereocenters. The second-order valence-electron chi connectivity index (χ2n) is 4.99. The number of hydrogen-bond donors (Lipinski definition) is 2. The maximum Gasteiger partial charge on any atom is 0.0612 e. The topological polar surface area (TPSA) is 24.1 Å². The Bertz CT molecular complexity index is 613. The van der Waals surface area contributed by atoms with Gasteiger partial charge in [0.25, 0.3) is 0 Å². The van der Waals surface area contributed by atoms with Gasteiger partial charge in [-0.3, -0.25) is 0 Å². The minimum atomic E-state index is 0.290. The second-order valence-corrected chi connectivity index (χ2v) is 5.80. The van der Waals surface area contributed by atoms with E-state index in [0.29, 0.717) is 16.1 Å². The Labute approximate surface area is 129 Å². The van der Waals surface area contributed by atoms with Gasteiger partial charge in [-0.25, -0.2) is 0 Å². The van der Waals surface area contributed by atoms with E-state index in [4.69, 9.17) is 23.2 Å². The first-order valence-electron chi connectivity index (χ1n) is 6.74. The Morgan fingerprint density at radius 1 is 1.05 bits per heavy atom. The molecule has 1 aliphatic rings. The van der Waals surface area contributed by atoms with E-state index in [1.54, 1.807) is 0 Å². The summed E-state index contributed by atoms with van der Waals surface area (Å²) < 4.78 is 0. The van der Waals surface area contributed by atoms with E-state index in [-0.39, 0.29) is 0 Å². The largest absolute Gasteiger partial charge is 0.378 e. The normalized spacial score (nSPS) is 18.2. The van der Waals surface area contributed by atoms with Crippen molar-refractivity contribution in [3.8, 4) is 0 Å². The van der Waals surface area contributed by atoms with E-state index in [1.165, 1.54) is 11.1 Å². The second kappa shape index (κ2) is 6.04. The first-order valence-corrected chi connectivity index (χ1v) is 7.50. The van der Waals surface area contributed by atoms with Gasteiger partial charge >= 0.3 is 0 Å². The van der Waals surface area contributed by atoms with Crippen molar-refractivity contribution in [2.75, 3.05) is 11.9 Å². The van der Waals surface area contributed by atoms with Crippen molar-refractivity contribution in [1.82, 2.24) is 5.32 Å². The van der Waals surface area contributed by atoms with Gasteiger partial charge in [-0.05, 0) is 42.3 Å². The number of rotatable bonds is 2. The molecule has 0 saturated carbocycles. The van der Waals surface area contributed by atoms with Crippen molar-refractivity contribution in [3.63, 3.8) is 0 Å². The first-order chi connectivity index (χ1) is 9.74. The molecule has 104 valence electrons. The van der Waals surface area contributed by atoms with Crippen LogP contribution in [0.4, 0.5) is 5.69 Å². The number of nitrogens with one attached hydrogen (secondary N) is 2. The van der Waals surface area contributed by atoms with Crippen molar-refractivity contribution < 1.29 is 0 Å².